The van der Waals surface area contributed by atoms with Gasteiger partial charge in [-0.2, -0.15) is 10.5 Å². The number of hydrogen-bond acceptors (Lipinski definition) is 3. The lowest BCUT2D eigenvalue weighted by Gasteiger charge is -1.92. The van der Waals surface area contributed by atoms with Crippen molar-refractivity contribution in [1.29, 1.82) is 10.5 Å². The minimum atomic E-state index is 0.270. The summed E-state index contributed by atoms with van der Waals surface area (Å²) in [6.45, 7) is 5.48. The van der Waals surface area contributed by atoms with Crippen molar-refractivity contribution >= 4 is 5.71 Å². The molecule has 0 aromatic rings. The van der Waals surface area contributed by atoms with E-state index in [0.717, 1.165) is 12.1 Å². The van der Waals surface area contributed by atoms with Gasteiger partial charge >= 0.3 is 0 Å². The van der Waals surface area contributed by atoms with E-state index in [0.29, 0.717) is 5.57 Å². The summed E-state index contributed by atoms with van der Waals surface area (Å²) in [6, 6.07) is 3.88. The SMILES string of the molecule is CC/C=C(C)/N=C(C#N)/C=C(\C)C#N. The van der Waals surface area contributed by atoms with Crippen LogP contribution in [0.5, 0.6) is 0 Å². The van der Waals surface area contributed by atoms with Gasteiger partial charge in [-0.25, -0.2) is 4.99 Å². The maximum Gasteiger partial charge on any atom is 0.141 e. The van der Waals surface area contributed by atoms with E-state index in [1.54, 1.807) is 6.92 Å². The van der Waals surface area contributed by atoms with Gasteiger partial charge in [0.15, 0.2) is 0 Å². The molecule has 0 saturated carbocycles. The zero-order valence-electron chi connectivity index (χ0n) is 8.70. The molecule has 3 nitrogen and oxygen atoms in total. The second-order valence-corrected chi connectivity index (χ2v) is 2.80. The standard InChI is InChI=1S/C11H13N3/c1-4-5-10(3)14-11(8-13)6-9(2)7-12/h5-6H,4H2,1-3H3/b9-6+,10-5+,14-11-. The summed E-state index contributed by atoms with van der Waals surface area (Å²) in [5.41, 5.74) is 1.55. The molecule has 72 valence electrons. The van der Waals surface area contributed by atoms with Crippen molar-refractivity contribution in [2.75, 3.05) is 0 Å². The predicted octanol–water partition coefficient (Wildman–Crippen LogP) is 2.73. The van der Waals surface area contributed by atoms with Gasteiger partial charge in [0.2, 0.25) is 0 Å². The highest BCUT2D eigenvalue weighted by Gasteiger charge is 1.94. The van der Waals surface area contributed by atoms with E-state index in [1.807, 2.05) is 32.1 Å². The molecule has 0 heterocycles. The Morgan fingerprint density at radius 2 is 1.93 bits per heavy atom. The average Bonchev–Trinajstić information content (AvgIpc) is 2.16. The summed E-state index contributed by atoms with van der Waals surface area (Å²) in [5, 5.41) is 17.2. The lowest BCUT2D eigenvalue weighted by Crippen LogP contribution is -1.90. The Morgan fingerprint density at radius 3 is 2.36 bits per heavy atom. The molecule has 0 saturated heterocycles. The lowest BCUT2D eigenvalue weighted by molar-refractivity contribution is 1.16. The topological polar surface area (TPSA) is 59.9 Å². The van der Waals surface area contributed by atoms with Crippen molar-refractivity contribution in [3.8, 4) is 12.1 Å². The van der Waals surface area contributed by atoms with Crippen molar-refractivity contribution in [3.05, 3.63) is 23.4 Å². The molecule has 0 aromatic carbocycles. The van der Waals surface area contributed by atoms with E-state index < -0.39 is 0 Å². The highest BCUT2D eigenvalue weighted by Crippen LogP contribution is 2.00. The fourth-order valence-electron chi connectivity index (χ4n) is 0.858. The molecule has 0 unspecified atom stereocenters. The van der Waals surface area contributed by atoms with Gasteiger partial charge < -0.3 is 0 Å². The van der Waals surface area contributed by atoms with Crippen LogP contribution in [0.3, 0.4) is 0 Å². The largest absolute Gasteiger partial charge is 0.243 e. The van der Waals surface area contributed by atoms with Crippen LogP contribution in [-0.4, -0.2) is 5.71 Å². The first-order valence-corrected chi connectivity index (χ1v) is 4.38. The van der Waals surface area contributed by atoms with Crippen molar-refractivity contribution in [2.24, 2.45) is 4.99 Å². The zero-order chi connectivity index (χ0) is 11.0. The first-order chi connectivity index (χ1) is 6.63. The molecular formula is C11H13N3. The van der Waals surface area contributed by atoms with Crippen LogP contribution in [0.4, 0.5) is 0 Å². The van der Waals surface area contributed by atoms with E-state index >= 15 is 0 Å². The Balaban J connectivity index is 4.87. The molecule has 0 aliphatic heterocycles. The molecule has 14 heavy (non-hydrogen) atoms. The van der Waals surface area contributed by atoms with Gasteiger partial charge in [-0.15, -0.1) is 0 Å². The van der Waals surface area contributed by atoms with Gasteiger partial charge in [0, 0.05) is 11.3 Å². The third kappa shape index (κ3) is 4.90. The molecule has 0 aliphatic rings. The van der Waals surface area contributed by atoms with E-state index in [2.05, 4.69) is 4.99 Å². The van der Waals surface area contributed by atoms with Crippen molar-refractivity contribution in [1.82, 2.24) is 0 Å². The molecule has 0 aromatic heterocycles. The number of nitriles is 2. The van der Waals surface area contributed by atoms with Crippen molar-refractivity contribution in [3.63, 3.8) is 0 Å². The highest BCUT2D eigenvalue weighted by molar-refractivity contribution is 6.08. The monoisotopic (exact) mass is 187 g/mol. The molecule has 0 radical (unpaired) electrons. The van der Waals surface area contributed by atoms with E-state index in [1.165, 1.54) is 6.08 Å². The fourth-order valence-corrected chi connectivity index (χ4v) is 0.858. The van der Waals surface area contributed by atoms with E-state index in [9.17, 15) is 0 Å². The molecule has 0 rings (SSSR count). The van der Waals surface area contributed by atoms with Crippen LogP contribution in [0.15, 0.2) is 28.4 Å². The first-order valence-electron chi connectivity index (χ1n) is 4.38. The lowest BCUT2D eigenvalue weighted by atomic mass is 10.2. The summed E-state index contributed by atoms with van der Waals surface area (Å²) in [4.78, 5) is 4.06. The fraction of sp³-hybridized carbons (Fsp3) is 0.364. The van der Waals surface area contributed by atoms with Crippen LogP contribution in [0.1, 0.15) is 27.2 Å². The molecule has 0 spiro atoms. The Hall–Kier alpha value is -1.87. The third-order valence-electron chi connectivity index (χ3n) is 1.44. The third-order valence-corrected chi connectivity index (χ3v) is 1.44. The van der Waals surface area contributed by atoms with Gasteiger partial charge in [-0.1, -0.05) is 13.0 Å². The van der Waals surface area contributed by atoms with Crippen molar-refractivity contribution in [2.45, 2.75) is 27.2 Å². The quantitative estimate of drug-likeness (QED) is 0.503. The molecule has 0 amide bonds. The number of allylic oxidation sites excluding steroid dienone is 4. The van der Waals surface area contributed by atoms with Crippen molar-refractivity contribution < 1.29 is 0 Å². The molecule has 0 fully saturated rings. The maximum absolute atomic E-state index is 8.73. The number of nitrogens with zero attached hydrogens (tertiary/aromatic N) is 3. The number of hydrogen-bond donors (Lipinski definition) is 0. The summed E-state index contributed by atoms with van der Waals surface area (Å²) in [6.07, 6.45) is 4.29. The van der Waals surface area contributed by atoms with Gasteiger partial charge in [-0.05, 0) is 26.3 Å². The molecule has 0 aliphatic carbocycles. The number of rotatable bonds is 3. The smallest absolute Gasteiger partial charge is 0.141 e. The van der Waals surface area contributed by atoms with Gasteiger partial charge in [0.25, 0.3) is 0 Å². The first kappa shape index (κ1) is 12.1. The van der Waals surface area contributed by atoms with Crippen LogP contribution in [0.2, 0.25) is 0 Å². The van der Waals surface area contributed by atoms with Gasteiger partial charge in [0.1, 0.15) is 11.8 Å². The van der Waals surface area contributed by atoms with E-state index in [4.69, 9.17) is 10.5 Å². The van der Waals surface area contributed by atoms with Gasteiger partial charge in [0.05, 0.1) is 6.07 Å². The second-order valence-electron chi connectivity index (χ2n) is 2.80. The second kappa shape index (κ2) is 6.62. The van der Waals surface area contributed by atoms with Crippen LogP contribution in [0.25, 0.3) is 0 Å². The summed E-state index contributed by atoms with van der Waals surface area (Å²) in [7, 11) is 0. The van der Waals surface area contributed by atoms with Crippen LogP contribution >= 0.6 is 0 Å². The summed E-state index contributed by atoms with van der Waals surface area (Å²) in [5.74, 6) is 0. The van der Waals surface area contributed by atoms with Crippen LogP contribution < -0.4 is 0 Å². The Morgan fingerprint density at radius 1 is 1.29 bits per heavy atom. The predicted molar refractivity (Wildman–Crippen MR) is 56.5 cm³/mol. The molecule has 3 heteroatoms. The molecule has 0 bridgehead atoms. The Labute approximate surface area is 84.7 Å². The van der Waals surface area contributed by atoms with E-state index in [-0.39, 0.29) is 5.71 Å². The summed E-state index contributed by atoms with van der Waals surface area (Å²) >= 11 is 0. The Bertz CT molecular complexity index is 359. The average molecular weight is 187 g/mol. The molecular weight excluding hydrogens is 174 g/mol. The Kier molecular flexibility index (Phi) is 5.74. The summed E-state index contributed by atoms with van der Waals surface area (Å²) < 4.78 is 0. The van der Waals surface area contributed by atoms with Gasteiger partial charge in [-0.3, -0.25) is 0 Å². The number of aliphatic imine (C=N–C) groups is 1. The minimum Gasteiger partial charge on any atom is -0.243 e. The maximum atomic E-state index is 8.73. The molecule has 0 atom stereocenters. The molecule has 0 N–H and O–H groups in total. The zero-order valence-corrected chi connectivity index (χ0v) is 8.70. The van der Waals surface area contributed by atoms with Crippen LogP contribution in [0, 0.1) is 22.7 Å². The highest BCUT2D eigenvalue weighted by atomic mass is 14.7. The minimum absolute atomic E-state index is 0.270. The normalized spacial score (nSPS) is 13.4. The van der Waals surface area contributed by atoms with Crippen LogP contribution in [-0.2, 0) is 0 Å².